The van der Waals surface area contributed by atoms with Crippen LogP contribution in [0.5, 0.6) is 0 Å². The molecule has 160 valence electrons. The summed E-state index contributed by atoms with van der Waals surface area (Å²) < 4.78 is 0. The highest BCUT2D eigenvalue weighted by molar-refractivity contribution is 5.92. The van der Waals surface area contributed by atoms with E-state index in [0.29, 0.717) is 6.54 Å². The first kappa shape index (κ1) is 21.5. The standard InChI is InChI=1S/C28H27N3O/c1-20-9-11-21(12-10-20)24-17-26(22-7-5-4-6-8-22)30-27(18-24)23-13-15-25(16-14-23)29-28(32)19-31(2)3/h4-18H,19H2,1-3H3,(H,29,32). The zero-order chi connectivity index (χ0) is 22.5. The Balaban J connectivity index is 1.70. The highest BCUT2D eigenvalue weighted by atomic mass is 16.2. The van der Waals surface area contributed by atoms with Crippen LogP contribution in [0.4, 0.5) is 5.69 Å². The molecular weight excluding hydrogens is 394 g/mol. The van der Waals surface area contributed by atoms with E-state index in [4.69, 9.17) is 4.98 Å². The molecule has 1 aromatic heterocycles. The SMILES string of the molecule is Cc1ccc(-c2cc(-c3ccccc3)nc(-c3ccc(NC(=O)CN(C)C)cc3)c2)cc1. The van der Waals surface area contributed by atoms with E-state index in [0.717, 1.165) is 39.3 Å². The molecule has 3 aromatic carbocycles. The number of pyridine rings is 1. The van der Waals surface area contributed by atoms with E-state index in [9.17, 15) is 4.79 Å². The Hall–Kier alpha value is -3.76. The van der Waals surface area contributed by atoms with E-state index in [2.05, 4.69) is 60.8 Å². The largest absolute Gasteiger partial charge is 0.325 e. The fraction of sp³-hybridized carbons (Fsp3) is 0.143. The molecule has 0 saturated carbocycles. The first-order valence-electron chi connectivity index (χ1n) is 10.7. The number of nitrogens with one attached hydrogen (secondary N) is 1. The Morgan fingerprint density at radius 1 is 0.750 bits per heavy atom. The lowest BCUT2D eigenvalue weighted by Crippen LogP contribution is -2.27. The summed E-state index contributed by atoms with van der Waals surface area (Å²) in [5.41, 5.74) is 8.20. The molecule has 0 radical (unpaired) electrons. The number of likely N-dealkylation sites (N-methyl/N-ethyl adjacent to an activating group) is 1. The van der Waals surface area contributed by atoms with Gasteiger partial charge in [0.05, 0.1) is 17.9 Å². The Bertz CT molecular complexity index is 1200. The number of benzene rings is 3. The van der Waals surface area contributed by atoms with Crippen LogP contribution in [0.2, 0.25) is 0 Å². The summed E-state index contributed by atoms with van der Waals surface area (Å²) in [5.74, 6) is -0.0337. The van der Waals surface area contributed by atoms with Crippen molar-refractivity contribution in [2.75, 3.05) is 26.0 Å². The second-order valence-electron chi connectivity index (χ2n) is 8.22. The van der Waals surface area contributed by atoms with E-state index in [1.807, 2.05) is 61.5 Å². The maximum Gasteiger partial charge on any atom is 0.238 e. The molecule has 0 spiro atoms. The maximum absolute atomic E-state index is 12.0. The molecule has 0 aliphatic heterocycles. The first-order valence-corrected chi connectivity index (χ1v) is 10.7. The molecule has 4 aromatic rings. The lowest BCUT2D eigenvalue weighted by Gasteiger charge is -2.12. The van der Waals surface area contributed by atoms with Crippen molar-refractivity contribution in [2.45, 2.75) is 6.92 Å². The van der Waals surface area contributed by atoms with Gasteiger partial charge in [-0.15, -0.1) is 0 Å². The summed E-state index contributed by atoms with van der Waals surface area (Å²) in [7, 11) is 3.75. The van der Waals surface area contributed by atoms with Crippen LogP contribution < -0.4 is 5.32 Å². The van der Waals surface area contributed by atoms with Gasteiger partial charge in [0.1, 0.15) is 0 Å². The summed E-state index contributed by atoms with van der Waals surface area (Å²) in [6.45, 7) is 2.44. The molecule has 1 N–H and O–H groups in total. The first-order chi connectivity index (χ1) is 15.5. The van der Waals surface area contributed by atoms with Gasteiger partial charge in [-0.05, 0) is 56.4 Å². The summed E-state index contributed by atoms with van der Waals surface area (Å²) in [6, 6.07) is 30.9. The molecule has 4 heteroatoms. The zero-order valence-electron chi connectivity index (χ0n) is 18.7. The fourth-order valence-electron chi connectivity index (χ4n) is 3.56. The monoisotopic (exact) mass is 421 g/mol. The predicted octanol–water partition coefficient (Wildman–Crippen LogP) is 5.89. The van der Waals surface area contributed by atoms with Crippen molar-refractivity contribution >= 4 is 11.6 Å². The van der Waals surface area contributed by atoms with E-state index >= 15 is 0 Å². The van der Waals surface area contributed by atoms with Crippen LogP contribution >= 0.6 is 0 Å². The van der Waals surface area contributed by atoms with E-state index in [1.165, 1.54) is 5.56 Å². The molecule has 4 rings (SSSR count). The molecule has 0 bridgehead atoms. The Morgan fingerprint density at radius 3 is 1.91 bits per heavy atom. The number of aryl methyl sites for hydroxylation is 1. The van der Waals surface area contributed by atoms with Crippen molar-refractivity contribution in [3.05, 3.63) is 96.6 Å². The number of rotatable bonds is 6. The van der Waals surface area contributed by atoms with Gasteiger partial charge in [-0.3, -0.25) is 4.79 Å². The third-order valence-corrected chi connectivity index (χ3v) is 5.20. The van der Waals surface area contributed by atoms with Gasteiger partial charge in [-0.1, -0.05) is 72.3 Å². The highest BCUT2D eigenvalue weighted by Gasteiger charge is 2.10. The lowest BCUT2D eigenvalue weighted by atomic mass is 9.99. The summed E-state index contributed by atoms with van der Waals surface area (Å²) in [4.78, 5) is 18.8. The van der Waals surface area contributed by atoms with Crippen LogP contribution in [-0.4, -0.2) is 36.4 Å². The van der Waals surface area contributed by atoms with Crippen molar-refractivity contribution in [3.8, 4) is 33.6 Å². The van der Waals surface area contributed by atoms with Crippen LogP contribution in [-0.2, 0) is 4.79 Å². The van der Waals surface area contributed by atoms with Gasteiger partial charge in [0, 0.05) is 16.8 Å². The predicted molar refractivity (Wildman–Crippen MR) is 132 cm³/mol. The molecule has 0 saturated heterocycles. The van der Waals surface area contributed by atoms with Crippen molar-refractivity contribution in [3.63, 3.8) is 0 Å². The molecule has 1 amide bonds. The molecule has 0 atom stereocenters. The van der Waals surface area contributed by atoms with Gasteiger partial charge in [0.2, 0.25) is 5.91 Å². The van der Waals surface area contributed by atoms with Crippen LogP contribution in [0.3, 0.4) is 0 Å². The Labute approximate surface area is 189 Å². The molecule has 1 heterocycles. The van der Waals surface area contributed by atoms with E-state index in [1.54, 1.807) is 0 Å². The Morgan fingerprint density at radius 2 is 1.31 bits per heavy atom. The number of amides is 1. The number of carbonyl (C=O) groups is 1. The third-order valence-electron chi connectivity index (χ3n) is 5.20. The molecule has 0 fully saturated rings. The molecule has 4 nitrogen and oxygen atoms in total. The van der Waals surface area contributed by atoms with E-state index < -0.39 is 0 Å². The minimum Gasteiger partial charge on any atom is -0.325 e. The number of nitrogens with zero attached hydrogens (tertiary/aromatic N) is 2. The summed E-state index contributed by atoms with van der Waals surface area (Å²) >= 11 is 0. The van der Waals surface area contributed by atoms with Gasteiger partial charge in [0.15, 0.2) is 0 Å². The second kappa shape index (κ2) is 9.58. The minimum absolute atomic E-state index is 0.0337. The molecule has 0 aliphatic rings. The van der Waals surface area contributed by atoms with Crippen LogP contribution in [0, 0.1) is 6.92 Å². The van der Waals surface area contributed by atoms with Gasteiger partial charge >= 0.3 is 0 Å². The van der Waals surface area contributed by atoms with Gasteiger partial charge in [0.25, 0.3) is 0 Å². The molecule has 0 aliphatic carbocycles. The lowest BCUT2D eigenvalue weighted by molar-refractivity contribution is -0.116. The van der Waals surface area contributed by atoms with Crippen molar-refractivity contribution in [1.29, 1.82) is 0 Å². The summed E-state index contributed by atoms with van der Waals surface area (Å²) in [6.07, 6.45) is 0. The van der Waals surface area contributed by atoms with Crippen LogP contribution in [0.1, 0.15) is 5.56 Å². The van der Waals surface area contributed by atoms with Crippen molar-refractivity contribution in [2.24, 2.45) is 0 Å². The number of hydrogen-bond acceptors (Lipinski definition) is 3. The Kier molecular flexibility index (Phi) is 6.43. The number of carbonyl (C=O) groups excluding carboxylic acids is 1. The van der Waals surface area contributed by atoms with Crippen LogP contribution in [0.25, 0.3) is 33.6 Å². The third kappa shape index (κ3) is 5.29. The molecule has 0 unspecified atom stereocenters. The molecular formula is C28H27N3O. The fourth-order valence-corrected chi connectivity index (χ4v) is 3.56. The topological polar surface area (TPSA) is 45.2 Å². The highest BCUT2D eigenvalue weighted by Crippen LogP contribution is 2.30. The quantitative estimate of drug-likeness (QED) is 0.422. The smallest absolute Gasteiger partial charge is 0.238 e. The van der Waals surface area contributed by atoms with Crippen molar-refractivity contribution < 1.29 is 4.79 Å². The van der Waals surface area contributed by atoms with Gasteiger partial charge in [-0.2, -0.15) is 0 Å². The second-order valence-corrected chi connectivity index (χ2v) is 8.22. The average Bonchev–Trinajstić information content (AvgIpc) is 2.80. The summed E-state index contributed by atoms with van der Waals surface area (Å²) in [5, 5.41) is 2.93. The number of hydrogen-bond donors (Lipinski definition) is 1. The van der Waals surface area contributed by atoms with Crippen LogP contribution in [0.15, 0.2) is 91.0 Å². The normalized spacial score (nSPS) is 10.9. The molecule has 32 heavy (non-hydrogen) atoms. The number of aromatic nitrogens is 1. The minimum atomic E-state index is -0.0337. The average molecular weight is 422 g/mol. The zero-order valence-corrected chi connectivity index (χ0v) is 18.7. The maximum atomic E-state index is 12.0. The van der Waals surface area contributed by atoms with Crippen molar-refractivity contribution in [1.82, 2.24) is 9.88 Å². The number of anilines is 1. The van der Waals surface area contributed by atoms with Gasteiger partial charge in [-0.25, -0.2) is 4.98 Å². The van der Waals surface area contributed by atoms with Gasteiger partial charge < -0.3 is 10.2 Å². The van der Waals surface area contributed by atoms with E-state index in [-0.39, 0.29) is 5.91 Å².